The molecule has 0 aliphatic carbocycles. The van der Waals surface area contributed by atoms with E-state index in [2.05, 4.69) is 10.3 Å². The van der Waals surface area contributed by atoms with Crippen molar-refractivity contribution in [2.45, 2.75) is 18.9 Å². The van der Waals surface area contributed by atoms with E-state index in [4.69, 9.17) is 16.3 Å². The van der Waals surface area contributed by atoms with Gasteiger partial charge in [0.15, 0.2) is 0 Å². The lowest BCUT2D eigenvalue weighted by molar-refractivity contribution is 0.0857. The number of carbonyl (C=O) groups excluding carboxylic acids is 1. The van der Waals surface area contributed by atoms with Crippen molar-refractivity contribution in [3.63, 3.8) is 0 Å². The highest BCUT2D eigenvalue weighted by Gasteiger charge is 2.18. The van der Waals surface area contributed by atoms with Gasteiger partial charge in [0, 0.05) is 29.8 Å². The van der Waals surface area contributed by atoms with Gasteiger partial charge in [-0.1, -0.05) is 11.6 Å². The minimum atomic E-state index is -0.386. The number of pyridine rings is 1. The van der Waals surface area contributed by atoms with E-state index < -0.39 is 0 Å². The topological polar surface area (TPSA) is 71.2 Å². The van der Waals surface area contributed by atoms with Crippen LogP contribution in [-0.2, 0) is 4.74 Å². The van der Waals surface area contributed by atoms with Crippen LogP contribution < -0.4 is 10.7 Å². The molecule has 0 bridgehead atoms. The highest BCUT2D eigenvalue weighted by atomic mass is 35.5. The number of nitrogens with one attached hydrogen (secondary N) is 2. The van der Waals surface area contributed by atoms with Gasteiger partial charge in [-0.3, -0.25) is 9.59 Å². The molecule has 1 atom stereocenters. The number of benzene rings is 1. The summed E-state index contributed by atoms with van der Waals surface area (Å²) in [5, 5.41) is 3.73. The quantitative estimate of drug-likeness (QED) is 0.912. The van der Waals surface area contributed by atoms with Gasteiger partial charge < -0.3 is 15.0 Å². The Bertz CT molecular complexity index is 735. The summed E-state index contributed by atoms with van der Waals surface area (Å²) in [4.78, 5) is 27.4. The van der Waals surface area contributed by atoms with E-state index in [1.807, 2.05) is 0 Å². The summed E-state index contributed by atoms with van der Waals surface area (Å²) < 4.78 is 5.44. The van der Waals surface area contributed by atoms with Crippen molar-refractivity contribution >= 4 is 28.4 Å². The summed E-state index contributed by atoms with van der Waals surface area (Å²) in [6, 6.07) is 4.91. The molecule has 21 heavy (non-hydrogen) atoms. The molecule has 1 fully saturated rings. The SMILES string of the molecule is O=C(NCC1CCCO1)c1c[nH]c2cc(Cl)ccc2c1=O. The lowest BCUT2D eigenvalue weighted by Gasteiger charge is -2.10. The number of rotatable bonds is 3. The van der Waals surface area contributed by atoms with Gasteiger partial charge in [0.2, 0.25) is 5.43 Å². The van der Waals surface area contributed by atoms with E-state index in [1.54, 1.807) is 18.2 Å². The maximum absolute atomic E-state index is 12.3. The highest BCUT2D eigenvalue weighted by Crippen LogP contribution is 2.15. The molecule has 1 unspecified atom stereocenters. The largest absolute Gasteiger partial charge is 0.376 e. The Morgan fingerprint density at radius 3 is 3.10 bits per heavy atom. The van der Waals surface area contributed by atoms with Crippen LogP contribution in [0.15, 0.2) is 29.2 Å². The van der Waals surface area contributed by atoms with Crippen LogP contribution in [0.5, 0.6) is 0 Å². The van der Waals surface area contributed by atoms with Gasteiger partial charge in [-0.15, -0.1) is 0 Å². The van der Waals surface area contributed by atoms with Gasteiger partial charge in [0.1, 0.15) is 5.56 Å². The molecule has 2 heterocycles. The van der Waals surface area contributed by atoms with Crippen LogP contribution in [0.2, 0.25) is 5.02 Å². The predicted molar refractivity (Wildman–Crippen MR) is 80.9 cm³/mol. The van der Waals surface area contributed by atoms with Gasteiger partial charge in [-0.25, -0.2) is 0 Å². The van der Waals surface area contributed by atoms with E-state index in [9.17, 15) is 9.59 Å². The lowest BCUT2D eigenvalue weighted by atomic mass is 10.1. The van der Waals surface area contributed by atoms with Crippen LogP contribution in [0.3, 0.4) is 0 Å². The molecule has 2 N–H and O–H groups in total. The monoisotopic (exact) mass is 306 g/mol. The van der Waals surface area contributed by atoms with Crippen molar-refractivity contribution in [3.8, 4) is 0 Å². The first-order valence-corrected chi connectivity index (χ1v) is 7.24. The Hall–Kier alpha value is -1.85. The minimum Gasteiger partial charge on any atom is -0.376 e. The zero-order valence-corrected chi connectivity index (χ0v) is 12.1. The second-order valence-electron chi connectivity index (χ2n) is 5.07. The summed E-state index contributed by atoms with van der Waals surface area (Å²) in [7, 11) is 0. The molecule has 110 valence electrons. The van der Waals surface area contributed by atoms with Gasteiger partial charge in [-0.05, 0) is 31.0 Å². The van der Waals surface area contributed by atoms with Crippen molar-refractivity contribution in [2.75, 3.05) is 13.2 Å². The number of H-pyrrole nitrogens is 1. The van der Waals surface area contributed by atoms with E-state index >= 15 is 0 Å². The third-order valence-electron chi connectivity index (χ3n) is 3.60. The molecule has 1 aliphatic heterocycles. The summed E-state index contributed by atoms with van der Waals surface area (Å²) in [6.45, 7) is 1.16. The normalized spacial score (nSPS) is 18.0. The van der Waals surface area contributed by atoms with Crippen LogP contribution >= 0.6 is 11.6 Å². The molecule has 1 aromatic carbocycles. The van der Waals surface area contributed by atoms with Crippen LogP contribution in [0.4, 0.5) is 0 Å². The Labute approximate surface area is 126 Å². The fraction of sp³-hybridized carbons (Fsp3) is 0.333. The van der Waals surface area contributed by atoms with Crippen LogP contribution in [-0.4, -0.2) is 30.1 Å². The molecule has 2 aromatic rings. The zero-order valence-electron chi connectivity index (χ0n) is 11.3. The molecule has 3 rings (SSSR count). The molecule has 0 spiro atoms. The van der Waals surface area contributed by atoms with Crippen LogP contribution in [0.1, 0.15) is 23.2 Å². The average Bonchev–Trinajstić information content (AvgIpc) is 2.98. The smallest absolute Gasteiger partial charge is 0.256 e. The fourth-order valence-electron chi connectivity index (χ4n) is 2.47. The molecule has 6 heteroatoms. The highest BCUT2D eigenvalue weighted by molar-refractivity contribution is 6.31. The van der Waals surface area contributed by atoms with Gasteiger partial charge in [0.05, 0.1) is 11.6 Å². The summed E-state index contributed by atoms with van der Waals surface area (Å²) in [5.41, 5.74) is 0.413. The molecule has 5 nitrogen and oxygen atoms in total. The number of hydrogen-bond donors (Lipinski definition) is 2. The van der Waals surface area contributed by atoms with Gasteiger partial charge in [-0.2, -0.15) is 0 Å². The van der Waals surface area contributed by atoms with E-state index in [1.165, 1.54) is 6.20 Å². The molecule has 0 saturated carbocycles. The second-order valence-corrected chi connectivity index (χ2v) is 5.50. The van der Waals surface area contributed by atoms with Crippen molar-refractivity contribution in [1.82, 2.24) is 10.3 Å². The summed E-state index contributed by atoms with van der Waals surface area (Å²) in [5.74, 6) is -0.386. The van der Waals surface area contributed by atoms with Gasteiger partial charge in [0.25, 0.3) is 5.91 Å². The molecule has 1 aliphatic rings. The first kappa shape index (κ1) is 14.1. The van der Waals surface area contributed by atoms with E-state index in [0.717, 1.165) is 19.4 Å². The molecular formula is C15H15ClN2O3. The lowest BCUT2D eigenvalue weighted by Crippen LogP contribution is -2.34. The molecule has 1 saturated heterocycles. The number of carbonyl (C=O) groups is 1. The Morgan fingerprint density at radius 1 is 1.48 bits per heavy atom. The Kier molecular flexibility index (Phi) is 3.94. The maximum atomic E-state index is 12.3. The number of aromatic nitrogens is 1. The van der Waals surface area contributed by atoms with Crippen LogP contribution in [0, 0.1) is 0 Å². The molecule has 1 amide bonds. The van der Waals surface area contributed by atoms with Crippen molar-refractivity contribution in [2.24, 2.45) is 0 Å². The molecule has 1 aromatic heterocycles. The third kappa shape index (κ3) is 2.94. The number of fused-ring (bicyclic) bond motifs is 1. The third-order valence-corrected chi connectivity index (χ3v) is 3.84. The summed E-state index contributed by atoms with van der Waals surface area (Å²) >= 11 is 5.88. The number of halogens is 1. The van der Waals surface area contributed by atoms with E-state index in [-0.39, 0.29) is 23.0 Å². The average molecular weight is 307 g/mol. The number of aromatic amines is 1. The summed E-state index contributed by atoms with van der Waals surface area (Å²) in [6.07, 6.45) is 3.42. The molecular weight excluding hydrogens is 292 g/mol. The standard InChI is InChI=1S/C15H15ClN2O3/c16-9-3-4-11-13(6-9)17-8-12(14(11)19)15(20)18-7-10-2-1-5-21-10/h3-4,6,8,10H,1-2,5,7H2,(H,17,19)(H,18,20). The number of ether oxygens (including phenoxy) is 1. The first-order chi connectivity index (χ1) is 10.1. The van der Waals surface area contributed by atoms with Crippen LogP contribution in [0.25, 0.3) is 10.9 Å². The predicted octanol–water partition coefficient (Wildman–Crippen LogP) is 2.09. The van der Waals surface area contributed by atoms with Crippen molar-refractivity contribution in [1.29, 1.82) is 0 Å². The Balaban J connectivity index is 1.82. The van der Waals surface area contributed by atoms with Crippen molar-refractivity contribution < 1.29 is 9.53 Å². The zero-order chi connectivity index (χ0) is 14.8. The fourth-order valence-corrected chi connectivity index (χ4v) is 2.64. The first-order valence-electron chi connectivity index (χ1n) is 6.86. The second kappa shape index (κ2) is 5.87. The minimum absolute atomic E-state index is 0.0484. The number of hydrogen-bond acceptors (Lipinski definition) is 3. The maximum Gasteiger partial charge on any atom is 0.256 e. The van der Waals surface area contributed by atoms with Gasteiger partial charge >= 0.3 is 0 Å². The van der Waals surface area contributed by atoms with E-state index in [0.29, 0.717) is 22.5 Å². The van der Waals surface area contributed by atoms with Crippen molar-refractivity contribution in [3.05, 3.63) is 45.2 Å². The molecule has 0 radical (unpaired) electrons. The Morgan fingerprint density at radius 2 is 2.33 bits per heavy atom. The number of amides is 1.